The third-order valence-corrected chi connectivity index (χ3v) is 2.68. The van der Waals surface area contributed by atoms with Gasteiger partial charge in [0.2, 0.25) is 0 Å². The molecule has 0 aliphatic rings. The standard InChI is InChI=1S/2C7H11NO6.Fe.3H3N/c2*9-5(10)1-2-8(3-6(11)12)4-7(13)14;;;;/h2*1-4H2,(H,9,10)(H,11,12)(H,13,14);;3*1H3/q;;+3;;;/p-3. The van der Waals surface area contributed by atoms with Gasteiger partial charge < -0.3 is 77.9 Å². The largest absolute Gasteiger partial charge is 3.00 e. The van der Waals surface area contributed by atoms with Crippen molar-refractivity contribution in [3.05, 3.63) is 0 Å². The van der Waals surface area contributed by atoms with Crippen LogP contribution in [0, 0.1) is 0 Å². The van der Waals surface area contributed by atoms with Crippen LogP contribution in [0.1, 0.15) is 12.8 Å². The molecule has 0 saturated heterocycles. The molecular formula is C14H28FeN5O12. The molecule has 0 fully saturated rings. The summed E-state index contributed by atoms with van der Waals surface area (Å²) >= 11 is 0. The number of carboxylic acid groups (broad SMARTS) is 6. The van der Waals surface area contributed by atoms with Crippen LogP contribution in [0.4, 0.5) is 0 Å². The number of aliphatic carboxylic acids is 6. The van der Waals surface area contributed by atoms with Gasteiger partial charge in [-0.15, -0.1) is 0 Å². The molecule has 1 radical (unpaired) electrons. The molecule has 0 heterocycles. The monoisotopic (exact) mass is 514 g/mol. The van der Waals surface area contributed by atoms with Gasteiger partial charge in [0.25, 0.3) is 0 Å². The van der Waals surface area contributed by atoms with E-state index in [2.05, 4.69) is 0 Å². The van der Waals surface area contributed by atoms with Crippen LogP contribution in [0.5, 0.6) is 0 Å². The molecule has 0 aromatic carbocycles. The van der Waals surface area contributed by atoms with E-state index >= 15 is 0 Å². The predicted octanol–water partition coefficient (Wildman–Crippen LogP) is -9.02. The molecule has 189 valence electrons. The second kappa shape index (κ2) is 24.4. The first-order valence-electron chi connectivity index (χ1n) is 7.47. The van der Waals surface area contributed by atoms with Gasteiger partial charge in [-0.25, -0.2) is 0 Å². The SMILES string of the molecule is O=C([O-])CCN(CC(=O)[O-])CC(=O)[O-].O=C([O-])CCN(CC(=O)[O-])CC(=O)[O-].[Fe+3].[NH4+].[NH4+].[NH4+]. The zero-order chi connectivity index (χ0) is 22.3. The molecule has 0 aromatic heterocycles. The van der Waals surface area contributed by atoms with Crippen molar-refractivity contribution >= 4 is 35.8 Å². The van der Waals surface area contributed by atoms with E-state index in [-0.39, 0.29) is 48.6 Å². The van der Waals surface area contributed by atoms with E-state index in [1.165, 1.54) is 0 Å². The summed E-state index contributed by atoms with van der Waals surface area (Å²) in [6, 6.07) is 0. The van der Waals surface area contributed by atoms with Crippen molar-refractivity contribution in [2.24, 2.45) is 0 Å². The van der Waals surface area contributed by atoms with E-state index in [0.29, 0.717) is 0 Å². The topological polar surface area (TPSA) is 357 Å². The van der Waals surface area contributed by atoms with Crippen LogP contribution in [0.3, 0.4) is 0 Å². The normalized spacial score (nSPS) is 8.81. The summed E-state index contributed by atoms with van der Waals surface area (Å²) in [7, 11) is 0. The number of hydrogen-bond acceptors (Lipinski definition) is 14. The first-order valence-corrected chi connectivity index (χ1v) is 7.47. The predicted molar refractivity (Wildman–Crippen MR) is 90.1 cm³/mol. The fourth-order valence-corrected chi connectivity index (χ4v) is 1.66. The average molecular weight is 514 g/mol. The summed E-state index contributed by atoms with van der Waals surface area (Å²) in [5, 5.41) is 60.4. The summed E-state index contributed by atoms with van der Waals surface area (Å²) < 4.78 is 0. The summed E-state index contributed by atoms with van der Waals surface area (Å²) in [4.78, 5) is 62.2. The second-order valence-corrected chi connectivity index (χ2v) is 5.15. The van der Waals surface area contributed by atoms with Gasteiger partial charge in [0.15, 0.2) is 0 Å². The Morgan fingerprint density at radius 1 is 0.438 bits per heavy atom. The molecule has 0 unspecified atom stereocenters. The quantitative estimate of drug-likeness (QED) is 0.181. The van der Waals surface area contributed by atoms with Crippen LogP contribution >= 0.6 is 0 Å². The Morgan fingerprint density at radius 2 is 0.625 bits per heavy atom. The minimum atomic E-state index is -1.48. The molecule has 0 saturated carbocycles. The zero-order valence-corrected chi connectivity index (χ0v) is 18.9. The van der Waals surface area contributed by atoms with Gasteiger partial charge in [0, 0.05) is 51.2 Å². The fraction of sp³-hybridized carbons (Fsp3) is 0.571. The molecule has 0 bridgehead atoms. The van der Waals surface area contributed by atoms with Crippen LogP contribution in [-0.2, 0) is 45.8 Å². The van der Waals surface area contributed by atoms with E-state index in [4.69, 9.17) is 0 Å². The maximum absolute atomic E-state index is 10.1. The number of hydrogen-bond donors (Lipinski definition) is 3. The van der Waals surface area contributed by atoms with E-state index in [0.717, 1.165) is 9.80 Å². The summed E-state index contributed by atoms with van der Waals surface area (Å²) in [5.74, 6) is -8.69. The molecule has 0 aromatic rings. The zero-order valence-electron chi connectivity index (χ0n) is 17.8. The van der Waals surface area contributed by atoms with Crippen LogP contribution in [-0.4, -0.2) is 84.9 Å². The van der Waals surface area contributed by atoms with E-state index < -0.39 is 74.8 Å². The second-order valence-electron chi connectivity index (χ2n) is 5.15. The van der Waals surface area contributed by atoms with E-state index in [9.17, 15) is 59.4 Å². The smallest absolute Gasteiger partial charge is 0.550 e. The number of quaternary nitrogens is 3. The van der Waals surface area contributed by atoms with Crippen molar-refractivity contribution in [2.45, 2.75) is 12.8 Å². The molecule has 0 rings (SSSR count). The molecule has 0 aliphatic carbocycles. The Hall–Kier alpha value is -2.86. The van der Waals surface area contributed by atoms with Gasteiger partial charge in [-0.2, -0.15) is 0 Å². The van der Waals surface area contributed by atoms with Gasteiger partial charge in [-0.3, -0.25) is 9.80 Å². The average Bonchev–Trinajstić information content (AvgIpc) is 2.48. The van der Waals surface area contributed by atoms with Crippen LogP contribution in [0.25, 0.3) is 0 Å². The number of rotatable bonds is 14. The molecule has 32 heavy (non-hydrogen) atoms. The molecule has 0 spiro atoms. The Balaban J connectivity index is -0.0000000939. The van der Waals surface area contributed by atoms with Gasteiger partial charge in [0.05, 0.1) is 23.9 Å². The Bertz CT molecular complexity index is 510. The van der Waals surface area contributed by atoms with Gasteiger partial charge >= 0.3 is 17.1 Å². The first-order chi connectivity index (χ1) is 12.8. The van der Waals surface area contributed by atoms with Crippen LogP contribution in [0.15, 0.2) is 0 Å². The third kappa shape index (κ3) is 34.6. The van der Waals surface area contributed by atoms with E-state index in [1.54, 1.807) is 0 Å². The first kappa shape index (κ1) is 43.1. The van der Waals surface area contributed by atoms with Crippen molar-refractivity contribution in [3.8, 4) is 0 Å². The summed E-state index contributed by atoms with van der Waals surface area (Å²) in [5.41, 5.74) is 0. The molecule has 0 amide bonds. The minimum Gasteiger partial charge on any atom is -0.550 e. The maximum atomic E-state index is 10.1. The fourth-order valence-electron chi connectivity index (χ4n) is 1.66. The van der Waals surface area contributed by atoms with Crippen LogP contribution in [0.2, 0.25) is 0 Å². The van der Waals surface area contributed by atoms with Gasteiger partial charge in [-0.1, -0.05) is 0 Å². The molecule has 0 aliphatic heterocycles. The minimum absolute atomic E-state index is 0. The van der Waals surface area contributed by atoms with Crippen molar-refractivity contribution in [1.29, 1.82) is 0 Å². The number of carboxylic acids is 6. The third-order valence-electron chi connectivity index (χ3n) is 2.68. The van der Waals surface area contributed by atoms with Crippen molar-refractivity contribution in [2.75, 3.05) is 39.3 Å². The molecule has 18 heteroatoms. The number of carbonyl (C=O) groups is 6. The molecule has 0 atom stereocenters. The summed E-state index contributed by atoms with van der Waals surface area (Å²) in [6.07, 6.45) is -0.888. The summed E-state index contributed by atoms with van der Waals surface area (Å²) in [6.45, 7) is -3.07. The Morgan fingerprint density at radius 3 is 0.750 bits per heavy atom. The van der Waals surface area contributed by atoms with E-state index in [1.807, 2.05) is 0 Å². The molecule has 17 nitrogen and oxygen atoms in total. The molecule has 12 N–H and O–H groups in total. The van der Waals surface area contributed by atoms with Crippen molar-refractivity contribution in [1.82, 2.24) is 28.3 Å². The van der Waals surface area contributed by atoms with Gasteiger partial charge in [-0.05, 0) is 12.8 Å². The Labute approximate surface area is 193 Å². The maximum Gasteiger partial charge on any atom is 3.00 e. The number of carbonyl (C=O) groups excluding carboxylic acids is 6. The molecular weight excluding hydrogens is 486 g/mol. The van der Waals surface area contributed by atoms with Crippen molar-refractivity contribution < 1.29 is 76.5 Å². The number of nitrogens with zero attached hydrogens (tertiary/aromatic N) is 2. The van der Waals surface area contributed by atoms with Gasteiger partial charge in [0.1, 0.15) is 0 Å². The van der Waals surface area contributed by atoms with Crippen molar-refractivity contribution in [3.63, 3.8) is 0 Å². The van der Waals surface area contributed by atoms with Crippen LogP contribution < -0.4 is 49.1 Å². The Kier molecular flexibility index (Phi) is 32.9.